The number of benzene rings is 2. The van der Waals surface area contributed by atoms with Crippen molar-refractivity contribution in [2.24, 2.45) is 0 Å². The van der Waals surface area contributed by atoms with E-state index in [1.54, 1.807) is 0 Å². The van der Waals surface area contributed by atoms with Crippen molar-refractivity contribution >= 4 is 12.6 Å². The Bertz CT molecular complexity index is 704. The van der Waals surface area contributed by atoms with Crippen LogP contribution in [0.1, 0.15) is 5.56 Å². The van der Waals surface area contributed by atoms with Crippen molar-refractivity contribution in [2.75, 3.05) is 0 Å². The summed E-state index contributed by atoms with van der Waals surface area (Å²) in [6.45, 7) is 2.06. The molecule has 0 fully saturated rings. The fourth-order valence-electron chi connectivity index (χ4n) is 2.06. The summed E-state index contributed by atoms with van der Waals surface area (Å²) in [4.78, 5) is 0. The third-order valence-electron chi connectivity index (χ3n) is 2.94. The lowest BCUT2D eigenvalue weighted by Crippen LogP contribution is -1.98. The summed E-state index contributed by atoms with van der Waals surface area (Å²) in [5.41, 5.74) is 3.24. The van der Waals surface area contributed by atoms with Crippen LogP contribution in [-0.4, -0.2) is 14.8 Å². The number of nitrogens with zero attached hydrogens (tertiary/aromatic N) is 3. The van der Waals surface area contributed by atoms with E-state index >= 15 is 0 Å². The van der Waals surface area contributed by atoms with Crippen molar-refractivity contribution in [1.29, 1.82) is 0 Å². The second-order valence-electron chi connectivity index (χ2n) is 4.36. The Morgan fingerprint density at radius 1 is 0.947 bits per heavy atom. The standard InChI is InChI=1S/C15H13N3S/c1-11-6-5-9-13(10-11)18-14(16-17-15(18)19)12-7-3-2-4-8-12/h2-10H,1H3,(H,17,19). The topological polar surface area (TPSA) is 30.7 Å². The lowest BCUT2D eigenvalue weighted by molar-refractivity contribution is 0.891. The van der Waals surface area contributed by atoms with Gasteiger partial charge in [-0.2, -0.15) is 0 Å². The van der Waals surface area contributed by atoms with Crippen LogP contribution in [0.4, 0.5) is 0 Å². The molecule has 4 heteroatoms. The molecule has 0 saturated carbocycles. The van der Waals surface area contributed by atoms with E-state index in [1.165, 1.54) is 5.56 Å². The predicted octanol–water partition coefficient (Wildman–Crippen LogP) is 3.53. The molecule has 0 N–H and O–H groups in total. The van der Waals surface area contributed by atoms with Gasteiger partial charge in [0.15, 0.2) is 11.0 Å². The highest BCUT2D eigenvalue weighted by Crippen LogP contribution is 2.24. The van der Waals surface area contributed by atoms with Gasteiger partial charge in [0.2, 0.25) is 0 Å². The van der Waals surface area contributed by atoms with Crippen LogP contribution in [0.2, 0.25) is 0 Å². The van der Waals surface area contributed by atoms with Crippen molar-refractivity contribution < 1.29 is 0 Å². The summed E-state index contributed by atoms with van der Waals surface area (Å²) in [7, 11) is 0. The highest BCUT2D eigenvalue weighted by atomic mass is 32.1. The molecule has 0 atom stereocenters. The molecular formula is C15H13N3S. The molecule has 0 bridgehead atoms. The summed E-state index contributed by atoms with van der Waals surface area (Å²) in [6.07, 6.45) is 0. The summed E-state index contributed by atoms with van der Waals surface area (Å²) < 4.78 is 1.95. The van der Waals surface area contributed by atoms with Crippen LogP contribution in [0.25, 0.3) is 17.1 Å². The molecule has 3 nitrogen and oxygen atoms in total. The van der Waals surface area contributed by atoms with Gasteiger partial charge in [-0.1, -0.05) is 42.5 Å². The monoisotopic (exact) mass is 267 g/mol. The fraction of sp³-hybridized carbons (Fsp3) is 0.0667. The number of rotatable bonds is 2. The second-order valence-corrected chi connectivity index (χ2v) is 4.76. The van der Waals surface area contributed by atoms with Crippen LogP contribution in [0.5, 0.6) is 0 Å². The third-order valence-corrected chi connectivity index (χ3v) is 3.23. The van der Waals surface area contributed by atoms with Crippen LogP contribution < -0.4 is 0 Å². The first-order valence-electron chi connectivity index (χ1n) is 6.02. The number of hydrogen-bond acceptors (Lipinski definition) is 3. The Hall–Kier alpha value is -2.07. The van der Waals surface area contributed by atoms with Crippen LogP contribution in [0.15, 0.2) is 59.8 Å². The summed E-state index contributed by atoms with van der Waals surface area (Å²) in [5, 5.41) is 8.89. The van der Waals surface area contributed by atoms with E-state index in [2.05, 4.69) is 41.9 Å². The highest BCUT2D eigenvalue weighted by molar-refractivity contribution is 7.80. The first-order chi connectivity index (χ1) is 9.25. The van der Waals surface area contributed by atoms with Crippen LogP contribution >= 0.6 is 12.6 Å². The molecule has 2 aromatic carbocycles. The Kier molecular flexibility index (Phi) is 3.09. The molecule has 94 valence electrons. The summed E-state index contributed by atoms with van der Waals surface area (Å²) in [6, 6.07) is 18.2. The smallest absolute Gasteiger partial charge is 0.193 e. The maximum atomic E-state index is 4.40. The molecule has 19 heavy (non-hydrogen) atoms. The largest absolute Gasteiger partial charge is 0.270 e. The molecule has 0 radical (unpaired) electrons. The van der Waals surface area contributed by atoms with Gasteiger partial charge in [-0.25, -0.2) is 0 Å². The van der Waals surface area contributed by atoms with Crippen LogP contribution in [0.3, 0.4) is 0 Å². The molecule has 0 aliphatic carbocycles. The molecule has 3 aromatic rings. The summed E-state index contributed by atoms with van der Waals surface area (Å²) in [5.74, 6) is 0.802. The quantitative estimate of drug-likeness (QED) is 0.720. The van der Waals surface area contributed by atoms with Gasteiger partial charge in [-0.15, -0.1) is 22.8 Å². The molecule has 0 amide bonds. The lowest BCUT2D eigenvalue weighted by atomic mass is 10.2. The highest BCUT2D eigenvalue weighted by Gasteiger charge is 2.12. The number of hydrogen-bond donors (Lipinski definition) is 1. The minimum absolute atomic E-state index is 0.587. The average Bonchev–Trinajstić information content (AvgIpc) is 2.82. The number of aryl methyl sites for hydroxylation is 1. The Balaban J connectivity index is 2.20. The van der Waals surface area contributed by atoms with Gasteiger partial charge in [-0.05, 0) is 24.6 Å². The van der Waals surface area contributed by atoms with Crippen molar-refractivity contribution in [2.45, 2.75) is 12.1 Å². The van der Waals surface area contributed by atoms with Crippen molar-refractivity contribution in [1.82, 2.24) is 14.8 Å². The zero-order valence-electron chi connectivity index (χ0n) is 10.5. The molecule has 3 rings (SSSR count). The maximum absolute atomic E-state index is 4.40. The van der Waals surface area contributed by atoms with Gasteiger partial charge in [0.1, 0.15) is 0 Å². The number of aromatic nitrogens is 3. The molecule has 0 unspecified atom stereocenters. The Morgan fingerprint density at radius 2 is 1.74 bits per heavy atom. The lowest BCUT2D eigenvalue weighted by Gasteiger charge is -2.08. The van der Waals surface area contributed by atoms with Crippen molar-refractivity contribution in [3.63, 3.8) is 0 Å². The van der Waals surface area contributed by atoms with E-state index in [-0.39, 0.29) is 0 Å². The molecule has 0 saturated heterocycles. The molecule has 1 heterocycles. The SMILES string of the molecule is Cc1cccc(-n2c(S)nnc2-c2ccccc2)c1. The first kappa shape index (κ1) is 12.0. The second kappa shape index (κ2) is 4.90. The van der Waals surface area contributed by atoms with E-state index < -0.39 is 0 Å². The molecular weight excluding hydrogens is 254 g/mol. The Labute approximate surface area is 117 Å². The van der Waals surface area contributed by atoms with E-state index in [9.17, 15) is 0 Å². The minimum atomic E-state index is 0.587. The molecule has 1 aromatic heterocycles. The van der Waals surface area contributed by atoms with E-state index in [0.29, 0.717) is 5.16 Å². The van der Waals surface area contributed by atoms with Crippen molar-refractivity contribution in [3.8, 4) is 17.1 Å². The maximum Gasteiger partial charge on any atom is 0.193 e. The van der Waals surface area contributed by atoms with Gasteiger partial charge in [0.05, 0.1) is 0 Å². The predicted molar refractivity (Wildman–Crippen MR) is 78.8 cm³/mol. The molecule has 0 aliphatic heterocycles. The van der Waals surface area contributed by atoms with E-state index in [4.69, 9.17) is 0 Å². The first-order valence-corrected chi connectivity index (χ1v) is 6.47. The summed E-state index contributed by atoms with van der Waals surface area (Å²) >= 11 is 4.40. The molecule has 0 aliphatic rings. The average molecular weight is 267 g/mol. The van der Waals surface area contributed by atoms with Gasteiger partial charge in [0.25, 0.3) is 0 Å². The zero-order chi connectivity index (χ0) is 13.2. The normalized spacial score (nSPS) is 10.6. The van der Waals surface area contributed by atoms with E-state index in [1.807, 2.05) is 47.0 Å². The van der Waals surface area contributed by atoms with Crippen LogP contribution in [0, 0.1) is 6.92 Å². The molecule has 0 spiro atoms. The van der Waals surface area contributed by atoms with Crippen LogP contribution in [-0.2, 0) is 0 Å². The van der Waals surface area contributed by atoms with Gasteiger partial charge >= 0.3 is 0 Å². The van der Waals surface area contributed by atoms with Gasteiger partial charge in [0, 0.05) is 11.3 Å². The third kappa shape index (κ3) is 2.27. The van der Waals surface area contributed by atoms with Crippen molar-refractivity contribution in [3.05, 3.63) is 60.2 Å². The van der Waals surface area contributed by atoms with Gasteiger partial charge in [-0.3, -0.25) is 4.57 Å². The number of thiol groups is 1. The fourth-order valence-corrected chi connectivity index (χ4v) is 2.31. The van der Waals surface area contributed by atoms with E-state index in [0.717, 1.165) is 17.1 Å². The zero-order valence-corrected chi connectivity index (χ0v) is 11.4. The minimum Gasteiger partial charge on any atom is -0.270 e. The Morgan fingerprint density at radius 3 is 2.47 bits per heavy atom. The van der Waals surface area contributed by atoms with Gasteiger partial charge < -0.3 is 0 Å².